The number of morpholine rings is 1. The van der Waals surface area contributed by atoms with Crippen LogP contribution in [0.4, 0.5) is 11.4 Å². The fraction of sp³-hybridized carbons (Fsp3) is 0.304. The monoisotopic (exact) mass is 485 g/mol. The highest BCUT2D eigenvalue weighted by atomic mass is 79.9. The number of nitrogens with zero attached hydrogens (tertiary/aromatic N) is 2. The van der Waals surface area contributed by atoms with Crippen LogP contribution in [0.2, 0.25) is 0 Å². The van der Waals surface area contributed by atoms with E-state index in [0.717, 1.165) is 18.8 Å². The number of halogens is 1. The minimum Gasteiger partial charge on any atom is -0.492 e. The van der Waals surface area contributed by atoms with E-state index in [0.29, 0.717) is 47.0 Å². The first-order valence-corrected chi connectivity index (χ1v) is 10.7. The Hall–Kier alpha value is -3.02. The fourth-order valence-corrected chi connectivity index (χ4v) is 3.84. The maximum absolute atomic E-state index is 12.7. The molecule has 1 aliphatic heterocycles. The molecule has 0 aliphatic carbocycles. The zero-order valence-corrected chi connectivity index (χ0v) is 19.1. The van der Waals surface area contributed by atoms with E-state index in [1.165, 1.54) is 6.08 Å². The third-order valence-corrected chi connectivity index (χ3v) is 5.30. The molecule has 2 aromatic carbocycles. The molecule has 0 unspecified atom stereocenters. The normalized spacial score (nSPS) is 14.0. The maximum atomic E-state index is 12.7. The molecule has 1 saturated heterocycles. The van der Waals surface area contributed by atoms with Gasteiger partial charge in [-0.05, 0) is 70.9 Å². The van der Waals surface area contributed by atoms with Gasteiger partial charge in [0.15, 0.2) is 11.5 Å². The minimum atomic E-state index is -0.480. The summed E-state index contributed by atoms with van der Waals surface area (Å²) in [4.78, 5) is 14.9. The van der Waals surface area contributed by atoms with Crippen molar-refractivity contribution in [3.63, 3.8) is 0 Å². The number of anilines is 2. The Bertz CT molecular complexity index is 993. The Morgan fingerprint density at radius 1 is 1.29 bits per heavy atom. The summed E-state index contributed by atoms with van der Waals surface area (Å²) in [6.07, 6.45) is 1.52. The van der Waals surface area contributed by atoms with E-state index in [-0.39, 0.29) is 5.57 Å². The standard InChI is InChI=1S/C23H24BrN3O4/c1-3-31-21-14-16(13-20(24)22(21)29-2)12-17(15-25)23(28)26-18-4-6-19(7-5-18)27-8-10-30-11-9-27/h4-7,12-14H,3,8-11H2,1-2H3,(H,26,28)/b17-12+. The molecule has 1 heterocycles. The van der Waals surface area contributed by atoms with Gasteiger partial charge in [-0.2, -0.15) is 5.26 Å². The van der Waals surface area contributed by atoms with Gasteiger partial charge in [0.1, 0.15) is 11.6 Å². The summed E-state index contributed by atoms with van der Waals surface area (Å²) in [6, 6.07) is 13.0. The summed E-state index contributed by atoms with van der Waals surface area (Å²) in [5.74, 6) is 0.607. The lowest BCUT2D eigenvalue weighted by Gasteiger charge is -2.28. The lowest BCUT2D eigenvalue weighted by atomic mass is 10.1. The summed E-state index contributed by atoms with van der Waals surface area (Å²) in [5, 5.41) is 12.3. The van der Waals surface area contributed by atoms with Crippen LogP contribution >= 0.6 is 15.9 Å². The van der Waals surface area contributed by atoms with Gasteiger partial charge in [0, 0.05) is 24.5 Å². The van der Waals surface area contributed by atoms with Crippen molar-refractivity contribution in [1.29, 1.82) is 5.26 Å². The number of ether oxygens (including phenoxy) is 3. The molecule has 0 saturated carbocycles. The van der Waals surface area contributed by atoms with Gasteiger partial charge in [-0.15, -0.1) is 0 Å². The Morgan fingerprint density at radius 3 is 2.61 bits per heavy atom. The van der Waals surface area contributed by atoms with Crippen LogP contribution in [-0.2, 0) is 9.53 Å². The van der Waals surface area contributed by atoms with Gasteiger partial charge in [0.05, 0.1) is 31.4 Å². The molecule has 162 valence electrons. The number of methoxy groups -OCH3 is 1. The third-order valence-electron chi connectivity index (χ3n) is 4.71. The second-order valence-corrected chi connectivity index (χ2v) is 7.59. The van der Waals surface area contributed by atoms with Crippen molar-refractivity contribution in [3.8, 4) is 17.6 Å². The molecule has 1 aliphatic rings. The minimum absolute atomic E-state index is 0.0169. The van der Waals surface area contributed by atoms with Gasteiger partial charge in [0.2, 0.25) is 0 Å². The molecule has 1 fully saturated rings. The van der Waals surface area contributed by atoms with Crippen LogP contribution in [0, 0.1) is 11.3 Å². The van der Waals surface area contributed by atoms with Crippen LogP contribution in [0.5, 0.6) is 11.5 Å². The first-order chi connectivity index (χ1) is 15.0. The van der Waals surface area contributed by atoms with Crippen molar-refractivity contribution in [2.24, 2.45) is 0 Å². The molecular formula is C23H24BrN3O4. The summed E-state index contributed by atoms with van der Waals surface area (Å²) in [6.45, 7) is 5.43. The van der Waals surface area contributed by atoms with E-state index in [2.05, 4.69) is 26.1 Å². The maximum Gasteiger partial charge on any atom is 0.266 e. The molecule has 0 aromatic heterocycles. The molecule has 0 atom stereocenters. The highest BCUT2D eigenvalue weighted by Gasteiger charge is 2.15. The highest BCUT2D eigenvalue weighted by molar-refractivity contribution is 9.10. The Balaban J connectivity index is 1.75. The number of nitrogens with one attached hydrogen (secondary N) is 1. The van der Waals surface area contributed by atoms with Gasteiger partial charge in [-0.25, -0.2) is 0 Å². The average molecular weight is 486 g/mol. The molecule has 0 bridgehead atoms. The predicted octanol–water partition coefficient (Wildman–Crippen LogP) is 4.24. The number of benzene rings is 2. The molecule has 0 spiro atoms. The van der Waals surface area contributed by atoms with Crippen LogP contribution < -0.4 is 19.7 Å². The third kappa shape index (κ3) is 5.78. The molecule has 3 rings (SSSR count). The van der Waals surface area contributed by atoms with Crippen LogP contribution in [0.15, 0.2) is 46.4 Å². The number of carbonyl (C=O) groups is 1. The number of amides is 1. The number of nitriles is 1. The van der Waals surface area contributed by atoms with E-state index < -0.39 is 5.91 Å². The number of hydrogen-bond donors (Lipinski definition) is 1. The van der Waals surface area contributed by atoms with Crippen molar-refractivity contribution in [1.82, 2.24) is 0 Å². The van der Waals surface area contributed by atoms with Crippen LogP contribution in [-0.4, -0.2) is 45.9 Å². The summed E-state index contributed by atoms with van der Waals surface area (Å²) < 4.78 is 17.0. The first-order valence-electron chi connectivity index (χ1n) is 9.92. The van der Waals surface area contributed by atoms with E-state index in [9.17, 15) is 10.1 Å². The Kier molecular flexibility index (Phi) is 7.93. The second kappa shape index (κ2) is 10.8. The summed E-state index contributed by atoms with van der Waals surface area (Å²) in [7, 11) is 1.55. The van der Waals surface area contributed by atoms with Crippen molar-refractivity contribution >= 4 is 39.3 Å². The van der Waals surface area contributed by atoms with Gasteiger partial charge >= 0.3 is 0 Å². The fourth-order valence-electron chi connectivity index (χ4n) is 3.22. The lowest BCUT2D eigenvalue weighted by molar-refractivity contribution is -0.112. The Labute approximate surface area is 190 Å². The van der Waals surface area contributed by atoms with Crippen molar-refractivity contribution in [3.05, 3.63) is 52.0 Å². The van der Waals surface area contributed by atoms with Gasteiger partial charge in [-0.1, -0.05) is 0 Å². The molecule has 1 amide bonds. The zero-order valence-electron chi connectivity index (χ0n) is 17.5. The van der Waals surface area contributed by atoms with Crippen molar-refractivity contribution < 1.29 is 19.0 Å². The number of carbonyl (C=O) groups excluding carboxylic acids is 1. The molecular weight excluding hydrogens is 462 g/mol. The van der Waals surface area contributed by atoms with E-state index >= 15 is 0 Å². The average Bonchev–Trinajstić information content (AvgIpc) is 2.78. The molecule has 31 heavy (non-hydrogen) atoms. The van der Waals surface area contributed by atoms with Gasteiger partial charge in [0.25, 0.3) is 5.91 Å². The van der Waals surface area contributed by atoms with Crippen LogP contribution in [0.25, 0.3) is 6.08 Å². The lowest BCUT2D eigenvalue weighted by Crippen LogP contribution is -2.36. The highest BCUT2D eigenvalue weighted by Crippen LogP contribution is 2.37. The number of hydrogen-bond acceptors (Lipinski definition) is 6. The molecule has 1 N–H and O–H groups in total. The molecule has 2 aromatic rings. The van der Waals surface area contributed by atoms with Crippen LogP contribution in [0.3, 0.4) is 0 Å². The van der Waals surface area contributed by atoms with Crippen molar-refractivity contribution in [2.45, 2.75) is 6.92 Å². The SMILES string of the molecule is CCOc1cc(/C=C(\C#N)C(=O)Nc2ccc(N3CCOCC3)cc2)cc(Br)c1OC. The topological polar surface area (TPSA) is 83.8 Å². The molecule has 0 radical (unpaired) electrons. The summed E-state index contributed by atoms with van der Waals surface area (Å²) in [5.41, 5.74) is 2.32. The van der Waals surface area contributed by atoms with E-state index in [1.54, 1.807) is 19.2 Å². The molecule has 7 nitrogen and oxygen atoms in total. The quantitative estimate of drug-likeness (QED) is 0.466. The zero-order chi connectivity index (χ0) is 22.2. The predicted molar refractivity (Wildman–Crippen MR) is 124 cm³/mol. The summed E-state index contributed by atoms with van der Waals surface area (Å²) >= 11 is 3.44. The second-order valence-electron chi connectivity index (χ2n) is 6.74. The number of rotatable bonds is 7. The van der Waals surface area contributed by atoms with Crippen LogP contribution in [0.1, 0.15) is 12.5 Å². The smallest absolute Gasteiger partial charge is 0.266 e. The molecule has 8 heteroatoms. The Morgan fingerprint density at radius 2 is 2.00 bits per heavy atom. The van der Waals surface area contributed by atoms with Gasteiger partial charge in [-0.3, -0.25) is 4.79 Å². The van der Waals surface area contributed by atoms with E-state index in [4.69, 9.17) is 14.2 Å². The van der Waals surface area contributed by atoms with Gasteiger partial charge < -0.3 is 24.4 Å². The van der Waals surface area contributed by atoms with Crippen molar-refractivity contribution in [2.75, 3.05) is 50.2 Å². The first kappa shape index (κ1) is 22.7. The largest absolute Gasteiger partial charge is 0.492 e. The van der Waals surface area contributed by atoms with E-state index in [1.807, 2.05) is 37.3 Å².